The maximum absolute atomic E-state index is 6.28. The predicted molar refractivity (Wildman–Crippen MR) is 121 cm³/mol. The van der Waals surface area contributed by atoms with E-state index in [2.05, 4.69) is 24.0 Å². The summed E-state index contributed by atoms with van der Waals surface area (Å²) < 4.78 is 17.3. The summed E-state index contributed by atoms with van der Waals surface area (Å²) in [7, 11) is 0. The monoisotopic (exact) mass is 437 g/mol. The van der Waals surface area contributed by atoms with Crippen molar-refractivity contribution in [2.75, 3.05) is 5.73 Å². The molecule has 4 aromatic rings. The van der Waals surface area contributed by atoms with Crippen molar-refractivity contribution < 1.29 is 13.7 Å². The fourth-order valence-electron chi connectivity index (χ4n) is 3.29. The molecule has 0 aliphatic heterocycles. The molecule has 2 heterocycles. The maximum Gasteiger partial charge on any atom is 0.293 e. The average Bonchev–Trinajstić information content (AvgIpc) is 3.40. The van der Waals surface area contributed by atoms with E-state index in [0.717, 1.165) is 33.0 Å². The summed E-state index contributed by atoms with van der Waals surface area (Å²) in [4.78, 5) is 4.46. The lowest BCUT2D eigenvalue weighted by atomic mass is 10.0. The summed E-state index contributed by atoms with van der Waals surface area (Å²) in [6.07, 6.45) is 0. The first kappa shape index (κ1) is 21.0. The molecule has 0 fully saturated rings. The Morgan fingerprint density at radius 3 is 2.71 bits per heavy atom. The Balaban J connectivity index is 1.52. The number of anilines is 1. The van der Waals surface area contributed by atoms with E-state index in [1.165, 1.54) is 0 Å². The molecule has 0 aliphatic carbocycles. The summed E-state index contributed by atoms with van der Waals surface area (Å²) in [6, 6.07) is 13.2. The van der Waals surface area contributed by atoms with Crippen LogP contribution >= 0.6 is 11.6 Å². The Labute approximate surface area is 186 Å². The van der Waals surface area contributed by atoms with Crippen molar-refractivity contribution in [3.63, 3.8) is 0 Å². The van der Waals surface area contributed by atoms with Crippen LogP contribution in [0.3, 0.4) is 0 Å². The fourth-order valence-corrected chi connectivity index (χ4v) is 3.47. The van der Waals surface area contributed by atoms with Crippen LogP contribution in [0.2, 0.25) is 5.02 Å². The van der Waals surface area contributed by atoms with Gasteiger partial charge in [0, 0.05) is 16.3 Å². The molecule has 2 aromatic carbocycles. The third kappa shape index (κ3) is 4.30. The predicted octanol–water partition coefficient (Wildman–Crippen LogP) is 6.55. The second kappa shape index (κ2) is 8.47. The van der Waals surface area contributed by atoms with Gasteiger partial charge in [-0.2, -0.15) is 4.98 Å². The summed E-state index contributed by atoms with van der Waals surface area (Å²) in [6.45, 7) is 8.37. The van der Waals surface area contributed by atoms with E-state index in [9.17, 15) is 0 Å². The van der Waals surface area contributed by atoms with Gasteiger partial charge in [-0.05, 0) is 66.8 Å². The van der Waals surface area contributed by atoms with Gasteiger partial charge < -0.3 is 19.4 Å². The van der Waals surface area contributed by atoms with Crippen molar-refractivity contribution in [2.45, 2.75) is 40.2 Å². The van der Waals surface area contributed by atoms with Crippen LogP contribution in [-0.4, -0.2) is 10.1 Å². The van der Waals surface area contributed by atoms with Crippen molar-refractivity contribution in [2.24, 2.45) is 0 Å². The number of benzene rings is 2. The Kier molecular flexibility index (Phi) is 5.74. The molecule has 160 valence electrons. The number of rotatable bonds is 6. The number of halogens is 1. The number of aromatic nitrogens is 2. The molecule has 2 aromatic heterocycles. The summed E-state index contributed by atoms with van der Waals surface area (Å²) in [5.41, 5.74) is 10.4. The van der Waals surface area contributed by atoms with E-state index < -0.39 is 0 Å². The normalized spacial score (nSPS) is 11.3. The highest BCUT2D eigenvalue weighted by Gasteiger charge is 2.17. The molecule has 2 N–H and O–H groups in total. The lowest BCUT2D eigenvalue weighted by molar-refractivity contribution is 0.267. The molecule has 0 bridgehead atoms. The third-order valence-electron chi connectivity index (χ3n) is 5.20. The number of nitrogens with two attached hydrogens (primary N) is 1. The summed E-state index contributed by atoms with van der Waals surface area (Å²) >= 11 is 6.28. The Morgan fingerprint density at radius 1 is 1.13 bits per heavy atom. The average molecular weight is 438 g/mol. The van der Waals surface area contributed by atoms with Crippen LogP contribution in [0.1, 0.15) is 42.2 Å². The van der Waals surface area contributed by atoms with Gasteiger partial charge in [-0.3, -0.25) is 0 Å². The Bertz CT molecular complexity index is 1230. The van der Waals surface area contributed by atoms with Gasteiger partial charge in [0.2, 0.25) is 5.82 Å². The summed E-state index contributed by atoms with van der Waals surface area (Å²) in [5, 5.41) is 4.81. The van der Waals surface area contributed by atoms with Crippen molar-refractivity contribution in [3.05, 3.63) is 69.9 Å². The molecule has 4 rings (SSSR count). The third-order valence-corrected chi connectivity index (χ3v) is 5.61. The number of hydrogen-bond acceptors (Lipinski definition) is 6. The van der Waals surface area contributed by atoms with E-state index in [4.69, 9.17) is 31.0 Å². The molecular formula is C24H24ClN3O3. The zero-order valence-electron chi connectivity index (χ0n) is 17.9. The number of nitrogens with zero attached hydrogens (tertiary/aromatic N) is 2. The van der Waals surface area contributed by atoms with E-state index in [-0.39, 0.29) is 12.5 Å². The minimum absolute atomic E-state index is 0.274. The van der Waals surface area contributed by atoms with Gasteiger partial charge in [-0.1, -0.05) is 42.7 Å². The smallest absolute Gasteiger partial charge is 0.293 e. The number of hydrogen-bond donors (Lipinski definition) is 1. The molecule has 0 atom stereocenters. The molecule has 0 radical (unpaired) electrons. The molecule has 0 saturated heterocycles. The molecule has 0 aliphatic rings. The SMILES string of the molecule is Cc1cc(OCc2ccc(-c3nc(-c4cccc(N)c4C)no3)o2)c(C(C)C)cc1Cl. The first-order valence-electron chi connectivity index (χ1n) is 10.0. The molecule has 0 saturated carbocycles. The summed E-state index contributed by atoms with van der Waals surface area (Å²) in [5.74, 6) is 2.98. The van der Waals surface area contributed by atoms with Crippen LogP contribution in [0.25, 0.3) is 23.0 Å². The number of furan rings is 1. The number of aryl methyl sites for hydroxylation is 1. The van der Waals surface area contributed by atoms with Crippen LogP contribution in [0.5, 0.6) is 5.75 Å². The maximum atomic E-state index is 6.28. The number of ether oxygens (including phenoxy) is 1. The van der Waals surface area contributed by atoms with Gasteiger partial charge in [0.1, 0.15) is 18.1 Å². The zero-order chi connectivity index (χ0) is 22.1. The molecule has 6 nitrogen and oxygen atoms in total. The minimum Gasteiger partial charge on any atom is -0.485 e. The van der Waals surface area contributed by atoms with Gasteiger partial charge in [-0.15, -0.1) is 0 Å². The molecule has 0 spiro atoms. The van der Waals surface area contributed by atoms with Crippen molar-refractivity contribution >= 4 is 17.3 Å². The van der Waals surface area contributed by atoms with Crippen LogP contribution in [0.4, 0.5) is 5.69 Å². The van der Waals surface area contributed by atoms with Crippen molar-refractivity contribution in [1.29, 1.82) is 0 Å². The molecule has 7 heteroatoms. The highest BCUT2D eigenvalue weighted by atomic mass is 35.5. The largest absolute Gasteiger partial charge is 0.485 e. The second-order valence-electron chi connectivity index (χ2n) is 7.79. The quantitative estimate of drug-likeness (QED) is 0.344. The van der Waals surface area contributed by atoms with Gasteiger partial charge >= 0.3 is 0 Å². The van der Waals surface area contributed by atoms with Gasteiger partial charge in [0.25, 0.3) is 5.89 Å². The van der Waals surface area contributed by atoms with E-state index in [1.54, 1.807) is 6.07 Å². The van der Waals surface area contributed by atoms with Crippen LogP contribution in [0.15, 0.2) is 51.4 Å². The van der Waals surface area contributed by atoms with Crippen molar-refractivity contribution in [3.8, 4) is 28.8 Å². The lowest BCUT2D eigenvalue weighted by Gasteiger charge is -2.15. The first-order valence-corrected chi connectivity index (χ1v) is 10.4. The highest BCUT2D eigenvalue weighted by Crippen LogP contribution is 2.33. The molecule has 31 heavy (non-hydrogen) atoms. The molecule has 0 unspecified atom stereocenters. The van der Waals surface area contributed by atoms with Gasteiger partial charge in [0.15, 0.2) is 5.76 Å². The second-order valence-corrected chi connectivity index (χ2v) is 8.20. The van der Waals surface area contributed by atoms with Gasteiger partial charge in [0.05, 0.1) is 0 Å². The van der Waals surface area contributed by atoms with E-state index in [0.29, 0.717) is 28.9 Å². The molecule has 0 amide bonds. The lowest BCUT2D eigenvalue weighted by Crippen LogP contribution is -2.00. The van der Waals surface area contributed by atoms with Crippen LogP contribution in [-0.2, 0) is 6.61 Å². The zero-order valence-corrected chi connectivity index (χ0v) is 18.7. The Hall–Kier alpha value is -3.25. The van der Waals surface area contributed by atoms with E-state index >= 15 is 0 Å². The topological polar surface area (TPSA) is 87.3 Å². The highest BCUT2D eigenvalue weighted by molar-refractivity contribution is 6.31. The Morgan fingerprint density at radius 2 is 1.94 bits per heavy atom. The van der Waals surface area contributed by atoms with Gasteiger partial charge in [-0.25, -0.2) is 0 Å². The standard InChI is InChI=1S/C24H24ClN3O3/c1-13(2)18-11-19(25)14(3)10-22(18)29-12-16-8-9-21(30-16)24-27-23(28-31-24)17-6-5-7-20(26)15(17)4/h5-11,13H,12,26H2,1-4H3. The minimum atomic E-state index is 0.274. The van der Waals surface area contributed by atoms with E-state index in [1.807, 2.05) is 50.2 Å². The van der Waals surface area contributed by atoms with Crippen molar-refractivity contribution in [1.82, 2.24) is 10.1 Å². The fraction of sp³-hybridized carbons (Fsp3) is 0.250. The van der Waals surface area contributed by atoms with Crippen LogP contribution < -0.4 is 10.5 Å². The van der Waals surface area contributed by atoms with Crippen LogP contribution in [0, 0.1) is 13.8 Å². The first-order chi connectivity index (χ1) is 14.8. The number of nitrogen functional groups attached to an aromatic ring is 1. The molecular weight excluding hydrogens is 414 g/mol.